The Morgan fingerprint density at radius 3 is 2.55 bits per heavy atom. The van der Waals surface area contributed by atoms with E-state index in [0.717, 1.165) is 6.07 Å². The van der Waals surface area contributed by atoms with E-state index in [4.69, 9.17) is 5.73 Å². The summed E-state index contributed by atoms with van der Waals surface area (Å²) in [7, 11) is 1.73. The molecule has 1 aromatic heterocycles. The molecule has 0 radical (unpaired) electrons. The van der Waals surface area contributed by atoms with Gasteiger partial charge in [0.05, 0.1) is 17.4 Å². The third kappa shape index (κ3) is 3.08. The van der Waals surface area contributed by atoms with E-state index >= 15 is 0 Å². The van der Waals surface area contributed by atoms with Crippen molar-refractivity contribution in [1.29, 1.82) is 0 Å². The van der Waals surface area contributed by atoms with Crippen molar-refractivity contribution in [2.45, 2.75) is 6.18 Å². The molecule has 0 bridgehead atoms. The van der Waals surface area contributed by atoms with Crippen molar-refractivity contribution < 1.29 is 13.2 Å². The summed E-state index contributed by atoms with van der Waals surface area (Å²) in [5.74, 6) is 0. The quantitative estimate of drug-likeness (QED) is 0.856. The van der Waals surface area contributed by atoms with E-state index in [1.807, 2.05) is 0 Å². The van der Waals surface area contributed by atoms with Crippen LogP contribution in [-0.4, -0.2) is 14.8 Å². The lowest BCUT2D eigenvalue weighted by atomic mass is 10.1. The molecular weight excluding hydrogens is 289 g/mol. The summed E-state index contributed by atoms with van der Waals surface area (Å²) in [5.41, 5.74) is 5.42. The number of aromatic nitrogens is 2. The van der Waals surface area contributed by atoms with Gasteiger partial charge in [0.25, 0.3) is 0 Å². The van der Waals surface area contributed by atoms with Crippen LogP contribution in [-0.2, 0) is 13.2 Å². The molecule has 4 nitrogen and oxygen atoms in total. The summed E-state index contributed by atoms with van der Waals surface area (Å²) in [4.78, 5) is -0.299. The maximum absolute atomic E-state index is 12.8. The standard InChI is InChI=1S/C12H11F3N4S/c1-19-6-8(5-17-19)18-7-2-3-10(12(13,14)15)9(4-7)11(16)20/h2-6,18H,1H3,(H2,16,20). The number of thiocarbonyl (C=S) groups is 1. The van der Waals surface area contributed by atoms with E-state index in [9.17, 15) is 13.2 Å². The second kappa shape index (κ2) is 5.12. The first-order valence-electron chi connectivity index (χ1n) is 5.54. The average molecular weight is 300 g/mol. The van der Waals surface area contributed by atoms with Gasteiger partial charge in [-0.3, -0.25) is 4.68 Å². The molecule has 0 saturated carbocycles. The van der Waals surface area contributed by atoms with Crippen molar-refractivity contribution in [3.05, 3.63) is 41.7 Å². The Labute approximate surface area is 118 Å². The summed E-state index contributed by atoms with van der Waals surface area (Å²) >= 11 is 4.68. The fraction of sp³-hybridized carbons (Fsp3) is 0.167. The van der Waals surface area contributed by atoms with Crippen molar-refractivity contribution in [2.24, 2.45) is 12.8 Å². The Kier molecular flexibility index (Phi) is 3.67. The molecule has 2 rings (SSSR count). The number of alkyl halides is 3. The molecule has 0 aliphatic heterocycles. The fourth-order valence-corrected chi connectivity index (χ4v) is 1.89. The van der Waals surface area contributed by atoms with Crippen LogP contribution in [0.2, 0.25) is 0 Å². The second-order valence-corrected chi connectivity index (χ2v) is 4.59. The molecule has 0 unspecified atom stereocenters. The van der Waals surface area contributed by atoms with Crippen LogP contribution in [0.15, 0.2) is 30.6 Å². The summed E-state index contributed by atoms with van der Waals surface area (Å²) in [6.07, 6.45) is -1.25. The summed E-state index contributed by atoms with van der Waals surface area (Å²) in [6.45, 7) is 0. The summed E-state index contributed by atoms with van der Waals surface area (Å²) in [6, 6.07) is 3.54. The van der Waals surface area contributed by atoms with E-state index < -0.39 is 11.7 Å². The molecule has 20 heavy (non-hydrogen) atoms. The van der Waals surface area contributed by atoms with Gasteiger partial charge in [0.1, 0.15) is 4.99 Å². The molecule has 0 fully saturated rings. The largest absolute Gasteiger partial charge is 0.417 e. The first kappa shape index (κ1) is 14.3. The zero-order valence-electron chi connectivity index (χ0n) is 10.4. The van der Waals surface area contributed by atoms with Gasteiger partial charge in [-0.1, -0.05) is 12.2 Å². The molecule has 8 heteroatoms. The van der Waals surface area contributed by atoms with Crippen LogP contribution in [0.5, 0.6) is 0 Å². The molecular formula is C12H11F3N4S. The minimum absolute atomic E-state index is 0.207. The van der Waals surface area contributed by atoms with Crippen LogP contribution >= 0.6 is 12.2 Å². The predicted octanol–water partition coefficient (Wildman–Crippen LogP) is 2.82. The van der Waals surface area contributed by atoms with Crippen LogP contribution in [0, 0.1) is 0 Å². The van der Waals surface area contributed by atoms with E-state index in [1.54, 1.807) is 24.1 Å². The third-order valence-electron chi connectivity index (χ3n) is 2.58. The molecule has 2 aromatic rings. The number of halogens is 3. The van der Waals surface area contributed by atoms with Gasteiger partial charge in [0, 0.05) is 24.5 Å². The molecule has 106 valence electrons. The van der Waals surface area contributed by atoms with E-state index in [-0.39, 0.29) is 10.6 Å². The van der Waals surface area contributed by atoms with Crippen molar-refractivity contribution in [1.82, 2.24) is 9.78 Å². The zero-order valence-corrected chi connectivity index (χ0v) is 11.2. The Morgan fingerprint density at radius 1 is 1.35 bits per heavy atom. The molecule has 3 N–H and O–H groups in total. The monoisotopic (exact) mass is 300 g/mol. The maximum Gasteiger partial charge on any atom is 0.417 e. The third-order valence-corrected chi connectivity index (χ3v) is 2.80. The van der Waals surface area contributed by atoms with Crippen molar-refractivity contribution in [2.75, 3.05) is 5.32 Å². The van der Waals surface area contributed by atoms with Crippen molar-refractivity contribution in [3.8, 4) is 0 Å². The topological polar surface area (TPSA) is 55.9 Å². The second-order valence-electron chi connectivity index (χ2n) is 4.15. The Hall–Kier alpha value is -2.09. The smallest absolute Gasteiger partial charge is 0.389 e. The van der Waals surface area contributed by atoms with Crippen LogP contribution < -0.4 is 11.1 Å². The van der Waals surface area contributed by atoms with Gasteiger partial charge in [0.15, 0.2) is 0 Å². The number of anilines is 2. The first-order chi connectivity index (χ1) is 9.27. The molecule has 0 aliphatic rings. The lowest BCUT2D eigenvalue weighted by Gasteiger charge is -2.14. The number of nitrogens with two attached hydrogens (primary N) is 1. The van der Waals surface area contributed by atoms with E-state index in [2.05, 4.69) is 22.6 Å². The molecule has 0 saturated heterocycles. The number of hydrogen-bond acceptors (Lipinski definition) is 3. The molecule has 1 heterocycles. The minimum atomic E-state index is -4.49. The average Bonchev–Trinajstić information content (AvgIpc) is 2.73. The number of nitrogens with one attached hydrogen (secondary N) is 1. The van der Waals surface area contributed by atoms with Gasteiger partial charge < -0.3 is 11.1 Å². The highest BCUT2D eigenvalue weighted by molar-refractivity contribution is 7.80. The number of rotatable bonds is 3. The predicted molar refractivity (Wildman–Crippen MR) is 73.8 cm³/mol. The van der Waals surface area contributed by atoms with E-state index in [1.165, 1.54) is 12.1 Å². The van der Waals surface area contributed by atoms with Crippen molar-refractivity contribution >= 4 is 28.6 Å². The minimum Gasteiger partial charge on any atom is -0.389 e. The fourth-order valence-electron chi connectivity index (χ4n) is 1.73. The maximum atomic E-state index is 12.8. The molecule has 0 aliphatic carbocycles. The van der Waals surface area contributed by atoms with Gasteiger partial charge in [0.2, 0.25) is 0 Å². The van der Waals surface area contributed by atoms with E-state index in [0.29, 0.717) is 11.4 Å². The number of hydrogen-bond donors (Lipinski definition) is 2. The van der Waals surface area contributed by atoms with Gasteiger partial charge >= 0.3 is 6.18 Å². The number of aryl methyl sites for hydroxylation is 1. The Bertz CT molecular complexity index is 648. The van der Waals surface area contributed by atoms with Gasteiger partial charge in [-0.05, 0) is 18.2 Å². The molecule has 0 amide bonds. The summed E-state index contributed by atoms with van der Waals surface area (Å²) in [5, 5.41) is 6.88. The van der Waals surface area contributed by atoms with Crippen LogP contribution in [0.1, 0.15) is 11.1 Å². The van der Waals surface area contributed by atoms with Gasteiger partial charge in [-0.2, -0.15) is 18.3 Å². The molecule has 0 spiro atoms. The van der Waals surface area contributed by atoms with Crippen LogP contribution in [0.25, 0.3) is 0 Å². The first-order valence-corrected chi connectivity index (χ1v) is 5.95. The Morgan fingerprint density at radius 2 is 2.05 bits per heavy atom. The highest BCUT2D eigenvalue weighted by Crippen LogP contribution is 2.33. The number of benzene rings is 1. The number of nitrogens with zero attached hydrogens (tertiary/aromatic N) is 2. The lowest BCUT2D eigenvalue weighted by molar-refractivity contribution is -0.137. The molecule has 1 aromatic carbocycles. The van der Waals surface area contributed by atoms with Crippen LogP contribution in [0.3, 0.4) is 0 Å². The lowest BCUT2D eigenvalue weighted by Crippen LogP contribution is -2.18. The summed E-state index contributed by atoms with van der Waals surface area (Å²) < 4.78 is 40.0. The SMILES string of the molecule is Cn1cc(Nc2ccc(C(F)(F)F)c(C(N)=S)c2)cn1. The van der Waals surface area contributed by atoms with Crippen LogP contribution in [0.4, 0.5) is 24.5 Å². The molecule has 0 atom stereocenters. The van der Waals surface area contributed by atoms with Gasteiger partial charge in [-0.15, -0.1) is 0 Å². The highest BCUT2D eigenvalue weighted by atomic mass is 32.1. The van der Waals surface area contributed by atoms with Gasteiger partial charge in [-0.25, -0.2) is 0 Å². The normalized spacial score (nSPS) is 11.4. The Balaban J connectivity index is 2.38. The zero-order chi connectivity index (χ0) is 14.9. The van der Waals surface area contributed by atoms with Crippen molar-refractivity contribution in [3.63, 3.8) is 0 Å². The highest BCUT2D eigenvalue weighted by Gasteiger charge is 2.34.